The molecule has 0 aromatic rings. The molecule has 4 N–H and O–H groups in total. The molecule has 0 rings (SSSR count). The van der Waals surface area contributed by atoms with Crippen molar-refractivity contribution in [1.29, 1.82) is 0 Å². The fraction of sp³-hybridized carbons (Fsp3) is 1.00. The maximum absolute atomic E-state index is 8.59. The van der Waals surface area contributed by atoms with Crippen LogP contribution >= 0.6 is 0 Å². The summed E-state index contributed by atoms with van der Waals surface area (Å²) in [4.78, 5) is 0. The molecule has 0 bridgehead atoms. The van der Waals surface area contributed by atoms with Crippen molar-refractivity contribution in [2.45, 2.75) is 39.2 Å². The summed E-state index contributed by atoms with van der Waals surface area (Å²) in [5.74, 6) is 0.638. The van der Waals surface area contributed by atoms with Gasteiger partial charge in [0.2, 0.25) is 0 Å². The van der Waals surface area contributed by atoms with Crippen molar-refractivity contribution in [2.24, 2.45) is 11.7 Å². The average Bonchev–Trinajstić information content (AvgIpc) is 2.17. The van der Waals surface area contributed by atoms with E-state index < -0.39 is 0 Å². The Morgan fingerprint density at radius 2 is 2.08 bits per heavy atom. The van der Waals surface area contributed by atoms with Crippen molar-refractivity contribution in [1.82, 2.24) is 5.32 Å². The highest BCUT2D eigenvalue weighted by molar-refractivity contribution is 4.72. The molecule has 0 aromatic heterocycles. The molecule has 2 unspecified atom stereocenters. The molecule has 0 aliphatic rings. The lowest BCUT2D eigenvalue weighted by Gasteiger charge is -2.22. The molecule has 3 heteroatoms. The standard InChI is InChI=1S/C10H24N2O/c1-3-9(2)10(8-11)12-6-4-5-7-13/h9-10,12-13H,3-8,11H2,1-2H3. The predicted molar refractivity (Wildman–Crippen MR) is 56.6 cm³/mol. The zero-order chi connectivity index (χ0) is 10.1. The summed E-state index contributed by atoms with van der Waals surface area (Å²) in [5.41, 5.74) is 5.65. The third-order valence-electron chi connectivity index (χ3n) is 2.58. The van der Waals surface area contributed by atoms with Crippen molar-refractivity contribution >= 4 is 0 Å². The lowest BCUT2D eigenvalue weighted by atomic mass is 9.99. The number of hydrogen-bond donors (Lipinski definition) is 3. The largest absolute Gasteiger partial charge is 0.396 e. The Hall–Kier alpha value is -0.120. The maximum Gasteiger partial charge on any atom is 0.0431 e. The van der Waals surface area contributed by atoms with Gasteiger partial charge in [0.05, 0.1) is 0 Å². The van der Waals surface area contributed by atoms with Gasteiger partial charge in [-0.25, -0.2) is 0 Å². The fourth-order valence-corrected chi connectivity index (χ4v) is 1.33. The zero-order valence-electron chi connectivity index (χ0n) is 8.92. The Kier molecular flexibility index (Phi) is 8.40. The highest BCUT2D eigenvalue weighted by Gasteiger charge is 2.12. The number of nitrogens with two attached hydrogens (primary N) is 1. The molecule has 0 heterocycles. The van der Waals surface area contributed by atoms with Crippen LogP contribution in [0.4, 0.5) is 0 Å². The Morgan fingerprint density at radius 3 is 2.54 bits per heavy atom. The number of hydrogen-bond acceptors (Lipinski definition) is 3. The molecule has 3 nitrogen and oxygen atoms in total. The fourth-order valence-electron chi connectivity index (χ4n) is 1.33. The first-order chi connectivity index (χ1) is 6.26. The number of nitrogens with one attached hydrogen (secondary N) is 1. The zero-order valence-corrected chi connectivity index (χ0v) is 8.92. The van der Waals surface area contributed by atoms with Crippen LogP contribution in [0.1, 0.15) is 33.1 Å². The van der Waals surface area contributed by atoms with Crippen LogP contribution in [0.25, 0.3) is 0 Å². The summed E-state index contributed by atoms with van der Waals surface area (Å²) in [7, 11) is 0. The molecule has 0 amide bonds. The second kappa shape index (κ2) is 8.48. The molecule has 2 atom stereocenters. The average molecular weight is 188 g/mol. The van der Waals surface area contributed by atoms with Gasteiger partial charge in [0, 0.05) is 19.2 Å². The van der Waals surface area contributed by atoms with Crippen LogP contribution in [-0.2, 0) is 0 Å². The van der Waals surface area contributed by atoms with Gasteiger partial charge in [-0.3, -0.25) is 0 Å². The maximum atomic E-state index is 8.59. The van der Waals surface area contributed by atoms with Gasteiger partial charge in [0.1, 0.15) is 0 Å². The van der Waals surface area contributed by atoms with Crippen molar-refractivity contribution in [3.8, 4) is 0 Å². The van der Waals surface area contributed by atoms with E-state index in [1.807, 2.05) is 0 Å². The quantitative estimate of drug-likeness (QED) is 0.492. The Bertz CT molecular complexity index is 109. The highest BCUT2D eigenvalue weighted by atomic mass is 16.2. The van der Waals surface area contributed by atoms with Gasteiger partial charge in [0.25, 0.3) is 0 Å². The smallest absolute Gasteiger partial charge is 0.0431 e. The summed E-state index contributed by atoms with van der Waals surface area (Å²) < 4.78 is 0. The van der Waals surface area contributed by atoms with Gasteiger partial charge in [-0.15, -0.1) is 0 Å². The SMILES string of the molecule is CCC(C)C(CN)NCCCCO. The molecule has 0 saturated carbocycles. The molecule has 0 fully saturated rings. The van der Waals surface area contributed by atoms with E-state index in [1.54, 1.807) is 0 Å². The number of aliphatic hydroxyl groups excluding tert-OH is 1. The minimum Gasteiger partial charge on any atom is -0.396 e. The summed E-state index contributed by atoms with van der Waals surface area (Å²) in [6, 6.07) is 0.434. The number of rotatable bonds is 8. The van der Waals surface area contributed by atoms with Crippen molar-refractivity contribution in [3.63, 3.8) is 0 Å². The highest BCUT2D eigenvalue weighted by Crippen LogP contribution is 2.06. The normalized spacial score (nSPS) is 15.7. The monoisotopic (exact) mass is 188 g/mol. The lowest BCUT2D eigenvalue weighted by Crippen LogP contribution is -2.41. The molecule has 13 heavy (non-hydrogen) atoms. The van der Waals surface area contributed by atoms with Crippen molar-refractivity contribution in [2.75, 3.05) is 19.7 Å². The minimum atomic E-state index is 0.290. The third-order valence-corrected chi connectivity index (χ3v) is 2.58. The topological polar surface area (TPSA) is 58.3 Å². The van der Waals surface area contributed by atoms with Gasteiger partial charge < -0.3 is 16.2 Å². The van der Waals surface area contributed by atoms with E-state index in [2.05, 4.69) is 19.2 Å². The summed E-state index contributed by atoms with van der Waals surface area (Å²) in [5, 5.41) is 12.0. The van der Waals surface area contributed by atoms with Crippen LogP contribution in [0.5, 0.6) is 0 Å². The van der Waals surface area contributed by atoms with Crippen LogP contribution in [0, 0.1) is 5.92 Å². The Balaban J connectivity index is 3.47. The molecule has 0 aliphatic heterocycles. The Labute approximate surface area is 81.7 Å². The molecule has 0 saturated heterocycles. The van der Waals surface area contributed by atoms with Crippen LogP contribution < -0.4 is 11.1 Å². The van der Waals surface area contributed by atoms with Crippen LogP contribution in [0.3, 0.4) is 0 Å². The molecular weight excluding hydrogens is 164 g/mol. The van der Waals surface area contributed by atoms with E-state index in [0.717, 1.165) is 25.8 Å². The first kappa shape index (κ1) is 12.9. The van der Waals surface area contributed by atoms with Gasteiger partial charge in [-0.2, -0.15) is 0 Å². The molecule has 0 aliphatic carbocycles. The molecule has 0 radical (unpaired) electrons. The molecule has 0 spiro atoms. The van der Waals surface area contributed by atoms with Gasteiger partial charge in [-0.05, 0) is 25.3 Å². The molecule has 80 valence electrons. The van der Waals surface area contributed by atoms with Crippen molar-refractivity contribution in [3.05, 3.63) is 0 Å². The summed E-state index contributed by atoms with van der Waals surface area (Å²) >= 11 is 0. The second-order valence-electron chi connectivity index (χ2n) is 3.61. The van der Waals surface area contributed by atoms with E-state index in [4.69, 9.17) is 10.8 Å². The van der Waals surface area contributed by atoms with Crippen molar-refractivity contribution < 1.29 is 5.11 Å². The van der Waals surface area contributed by atoms with Crippen LogP contribution in [0.15, 0.2) is 0 Å². The van der Waals surface area contributed by atoms with Crippen LogP contribution in [-0.4, -0.2) is 30.8 Å². The number of unbranched alkanes of at least 4 members (excludes halogenated alkanes) is 1. The van der Waals surface area contributed by atoms with E-state index in [9.17, 15) is 0 Å². The van der Waals surface area contributed by atoms with Gasteiger partial charge >= 0.3 is 0 Å². The first-order valence-electron chi connectivity index (χ1n) is 5.30. The first-order valence-corrected chi connectivity index (χ1v) is 5.30. The van der Waals surface area contributed by atoms with E-state index in [0.29, 0.717) is 18.5 Å². The summed E-state index contributed by atoms with van der Waals surface area (Å²) in [6.45, 7) is 6.36. The second-order valence-corrected chi connectivity index (χ2v) is 3.61. The predicted octanol–water partition coefficient (Wildman–Crippen LogP) is 0.722. The van der Waals surface area contributed by atoms with Crippen LogP contribution in [0.2, 0.25) is 0 Å². The van der Waals surface area contributed by atoms with E-state index >= 15 is 0 Å². The van der Waals surface area contributed by atoms with Gasteiger partial charge in [0.15, 0.2) is 0 Å². The van der Waals surface area contributed by atoms with E-state index in [1.165, 1.54) is 0 Å². The van der Waals surface area contributed by atoms with E-state index in [-0.39, 0.29) is 6.61 Å². The Morgan fingerprint density at radius 1 is 1.38 bits per heavy atom. The molecule has 0 aromatic carbocycles. The van der Waals surface area contributed by atoms with Gasteiger partial charge in [-0.1, -0.05) is 20.3 Å². The minimum absolute atomic E-state index is 0.290. The number of aliphatic hydroxyl groups is 1. The lowest BCUT2D eigenvalue weighted by molar-refractivity contribution is 0.280. The summed E-state index contributed by atoms with van der Waals surface area (Å²) in [6.07, 6.45) is 3.07. The third kappa shape index (κ3) is 6.02. The molecular formula is C10H24N2O.